The van der Waals surface area contributed by atoms with Gasteiger partial charge in [0.1, 0.15) is 4.90 Å². The fraction of sp³-hybridized carbons (Fsp3) is 0.286. The standard InChI is InChI=1S/C7H9ClN2O2S/c1-2-10-13(11,12)7-3-6(8)4-9-5-7/h3-5,10H,2H2,1H3. The maximum Gasteiger partial charge on any atom is 0.242 e. The van der Waals surface area contributed by atoms with E-state index >= 15 is 0 Å². The first-order valence-corrected chi connectivity index (χ1v) is 5.52. The number of hydrogen-bond donors (Lipinski definition) is 1. The van der Waals surface area contributed by atoms with E-state index in [0.29, 0.717) is 11.6 Å². The lowest BCUT2D eigenvalue weighted by Gasteiger charge is -2.03. The van der Waals surface area contributed by atoms with Crippen LogP contribution in [0.4, 0.5) is 0 Å². The van der Waals surface area contributed by atoms with Gasteiger partial charge in [-0.2, -0.15) is 0 Å². The molecule has 0 atom stereocenters. The summed E-state index contributed by atoms with van der Waals surface area (Å²) >= 11 is 5.60. The minimum absolute atomic E-state index is 0.0850. The van der Waals surface area contributed by atoms with E-state index in [1.54, 1.807) is 6.92 Å². The van der Waals surface area contributed by atoms with E-state index in [2.05, 4.69) is 9.71 Å². The van der Waals surface area contributed by atoms with Gasteiger partial charge in [0.15, 0.2) is 0 Å². The molecule has 0 spiro atoms. The van der Waals surface area contributed by atoms with Crippen molar-refractivity contribution in [2.75, 3.05) is 6.54 Å². The summed E-state index contributed by atoms with van der Waals surface area (Å²) in [5.74, 6) is 0. The highest BCUT2D eigenvalue weighted by Gasteiger charge is 2.12. The first kappa shape index (κ1) is 10.4. The molecule has 4 nitrogen and oxygen atoms in total. The minimum atomic E-state index is -3.43. The number of nitrogens with one attached hydrogen (secondary N) is 1. The molecule has 0 aliphatic rings. The third kappa shape index (κ3) is 2.65. The van der Waals surface area contributed by atoms with Crippen LogP contribution in [0, 0.1) is 0 Å². The Morgan fingerprint density at radius 2 is 2.23 bits per heavy atom. The van der Waals surface area contributed by atoms with Crippen molar-refractivity contribution in [1.82, 2.24) is 9.71 Å². The van der Waals surface area contributed by atoms with Crippen molar-refractivity contribution < 1.29 is 8.42 Å². The predicted molar refractivity (Wildman–Crippen MR) is 50.1 cm³/mol. The average molecular weight is 221 g/mol. The summed E-state index contributed by atoms with van der Waals surface area (Å²) in [4.78, 5) is 3.77. The Labute approximate surface area is 82.0 Å². The quantitative estimate of drug-likeness (QED) is 0.828. The van der Waals surface area contributed by atoms with Gasteiger partial charge in [0.25, 0.3) is 0 Å². The van der Waals surface area contributed by atoms with Crippen molar-refractivity contribution in [3.05, 3.63) is 23.5 Å². The largest absolute Gasteiger partial charge is 0.262 e. The molecule has 1 aromatic heterocycles. The van der Waals surface area contributed by atoms with Gasteiger partial charge in [-0.1, -0.05) is 18.5 Å². The van der Waals surface area contributed by atoms with Gasteiger partial charge in [-0.05, 0) is 6.07 Å². The van der Waals surface area contributed by atoms with Gasteiger partial charge in [-0.25, -0.2) is 13.1 Å². The molecule has 0 unspecified atom stereocenters. The second-order valence-electron chi connectivity index (χ2n) is 2.34. The Balaban J connectivity index is 3.08. The SMILES string of the molecule is CCNS(=O)(=O)c1cncc(Cl)c1. The minimum Gasteiger partial charge on any atom is -0.262 e. The van der Waals surface area contributed by atoms with Crippen LogP contribution in [0.25, 0.3) is 0 Å². The van der Waals surface area contributed by atoms with Crippen molar-refractivity contribution in [3.8, 4) is 0 Å². The second kappa shape index (κ2) is 4.04. The first-order chi connectivity index (χ1) is 6.06. The molecule has 0 amide bonds. The van der Waals surface area contributed by atoms with E-state index in [0.717, 1.165) is 0 Å². The van der Waals surface area contributed by atoms with Crippen LogP contribution in [0.15, 0.2) is 23.4 Å². The van der Waals surface area contributed by atoms with Crippen molar-refractivity contribution in [2.24, 2.45) is 0 Å². The molecule has 0 bridgehead atoms. The van der Waals surface area contributed by atoms with Gasteiger partial charge in [-0.3, -0.25) is 4.98 Å². The third-order valence-electron chi connectivity index (χ3n) is 1.32. The lowest BCUT2D eigenvalue weighted by Crippen LogP contribution is -2.23. The summed E-state index contributed by atoms with van der Waals surface area (Å²) < 4.78 is 25.1. The maximum atomic E-state index is 11.4. The summed E-state index contributed by atoms with van der Waals surface area (Å²) in [6.07, 6.45) is 2.64. The summed E-state index contributed by atoms with van der Waals surface area (Å²) in [7, 11) is -3.43. The number of rotatable bonds is 3. The molecule has 0 aromatic carbocycles. The maximum absolute atomic E-state index is 11.4. The molecule has 1 heterocycles. The molecule has 1 aromatic rings. The molecule has 13 heavy (non-hydrogen) atoms. The lowest BCUT2D eigenvalue weighted by molar-refractivity contribution is 0.583. The summed E-state index contributed by atoms with van der Waals surface area (Å²) in [5.41, 5.74) is 0. The number of nitrogens with zero attached hydrogens (tertiary/aromatic N) is 1. The van der Waals surface area contributed by atoms with E-state index in [4.69, 9.17) is 11.6 Å². The smallest absolute Gasteiger partial charge is 0.242 e. The summed E-state index contributed by atoms with van der Waals surface area (Å²) in [5, 5.41) is 0.305. The highest BCUT2D eigenvalue weighted by Crippen LogP contribution is 2.12. The molecule has 0 aliphatic carbocycles. The first-order valence-electron chi connectivity index (χ1n) is 3.66. The number of halogens is 1. The van der Waals surface area contributed by atoms with Gasteiger partial charge in [0, 0.05) is 18.9 Å². The molecular weight excluding hydrogens is 212 g/mol. The van der Waals surface area contributed by atoms with E-state index in [9.17, 15) is 8.42 Å². The third-order valence-corrected chi connectivity index (χ3v) is 3.04. The van der Waals surface area contributed by atoms with Crippen LogP contribution >= 0.6 is 11.6 Å². The van der Waals surface area contributed by atoms with Crippen LogP contribution in [0.2, 0.25) is 5.02 Å². The fourth-order valence-corrected chi connectivity index (χ4v) is 2.08. The predicted octanol–water partition coefficient (Wildman–Crippen LogP) is 1.03. The van der Waals surface area contributed by atoms with Crippen LogP contribution in [0.5, 0.6) is 0 Å². The van der Waals surface area contributed by atoms with Gasteiger partial charge in [0.05, 0.1) is 5.02 Å². The highest BCUT2D eigenvalue weighted by atomic mass is 35.5. The Bertz CT molecular complexity index is 391. The molecule has 72 valence electrons. The average Bonchev–Trinajstić information content (AvgIpc) is 2.04. The molecule has 0 fully saturated rings. The van der Waals surface area contributed by atoms with E-state index in [1.807, 2.05) is 0 Å². The zero-order valence-electron chi connectivity index (χ0n) is 6.99. The number of aromatic nitrogens is 1. The molecule has 1 N–H and O–H groups in total. The Morgan fingerprint density at radius 3 is 2.77 bits per heavy atom. The lowest BCUT2D eigenvalue weighted by atomic mass is 10.5. The van der Waals surface area contributed by atoms with Crippen LogP contribution in [-0.4, -0.2) is 19.9 Å². The van der Waals surface area contributed by atoms with Crippen molar-refractivity contribution in [2.45, 2.75) is 11.8 Å². The van der Waals surface area contributed by atoms with Gasteiger partial charge < -0.3 is 0 Å². The number of sulfonamides is 1. The van der Waals surface area contributed by atoms with Crippen LogP contribution in [0.3, 0.4) is 0 Å². The molecule has 0 radical (unpaired) electrons. The van der Waals surface area contributed by atoms with E-state index in [1.165, 1.54) is 18.5 Å². The van der Waals surface area contributed by atoms with Gasteiger partial charge >= 0.3 is 0 Å². The number of pyridine rings is 1. The second-order valence-corrected chi connectivity index (χ2v) is 4.54. The van der Waals surface area contributed by atoms with Crippen molar-refractivity contribution in [3.63, 3.8) is 0 Å². The van der Waals surface area contributed by atoms with Gasteiger partial charge in [0.2, 0.25) is 10.0 Å². The van der Waals surface area contributed by atoms with Crippen LogP contribution < -0.4 is 4.72 Å². The van der Waals surface area contributed by atoms with Crippen LogP contribution in [-0.2, 0) is 10.0 Å². The molecule has 6 heteroatoms. The molecular formula is C7H9ClN2O2S. The molecule has 0 saturated heterocycles. The van der Waals surface area contributed by atoms with Crippen LogP contribution in [0.1, 0.15) is 6.92 Å². The zero-order chi connectivity index (χ0) is 9.90. The Hall–Kier alpha value is -0.650. The summed E-state index contributed by atoms with van der Waals surface area (Å²) in [6.45, 7) is 2.05. The van der Waals surface area contributed by atoms with E-state index in [-0.39, 0.29) is 4.90 Å². The van der Waals surface area contributed by atoms with Crippen molar-refractivity contribution >= 4 is 21.6 Å². The Morgan fingerprint density at radius 1 is 1.54 bits per heavy atom. The van der Waals surface area contributed by atoms with Gasteiger partial charge in [-0.15, -0.1) is 0 Å². The molecule has 0 saturated carbocycles. The Kier molecular flexibility index (Phi) is 3.24. The fourth-order valence-electron chi connectivity index (χ4n) is 0.813. The molecule has 0 aliphatic heterocycles. The topological polar surface area (TPSA) is 59.1 Å². The number of hydrogen-bond acceptors (Lipinski definition) is 3. The van der Waals surface area contributed by atoms with E-state index < -0.39 is 10.0 Å². The normalized spacial score (nSPS) is 11.5. The summed E-state index contributed by atoms with van der Waals surface area (Å²) in [6, 6.07) is 1.35. The van der Waals surface area contributed by atoms with Crippen molar-refractivity contribution in [1.29, 1.82) is 0 Å². The zero-order valence-corrected chi connectivity index (χ0v) is 8.56. The highest BCUT2D eigenvalue weighted by molar-refractivity contribution is 7.89. The molecule has 1 rings (SSSR count). The monoisotopic (exact) mass is 220 g/mol.